The molecule has 0 aromatic rings. The summed E-state index contributed by atoms with van der Waals surface area (Å²) in [5, 5.41) is 32.5. The number of aliphatic hydroxyl groups is 3. The Morgan fingerprint density at radius 3 is 1.94 bits per heavy atom. The van der Waals surface area contributed by atoms with Crippen LogP contribution in [0.2, 0.25) is 0 Å². The molecule has 0 spiro atoms. The number of carbonyl (C=O) groups excluding carboxylic acids is 1. The minimum atomic E-state index is -0.943. The van der Waals surface area contributed by atoms with Crippen LogP contribution < -0.4 is 5.32 Å². The van der Waals surface area contributed by atoms with Crippen LogP contribution in [0.3, 0.4) is 0 Å². The molecule has 0 heterocycles. The molecule has 0 aromatic carbocycles. The zero-order chi connectivity index (χ0) is 24.6. The molecule has 0 bridgehead atoms. The highest BCUT2D eigenvalue weighted by Gasteiger charge is 2.19. The molecule has 3 atom stereocenters. The lowest BCUT2D eigenvalue weighted by atomic mass is 10.0. The molecule has 0 fully saturated rings. The third-order valence-electron chi connectivity index (χ3n) is 5.99. The normalized spacial score (nSPS) is 14.7. The number of unbranched alkanes of at least 4 members (excludes halogenated alkanes) is 12. The molecule has 0 saturated carbocycles. The van der Waals surface area contributed by atoms with Crippen LogP contribution in [0, 0.1) is 0 Å². The zero-order valence-corrected chi connectivity index (χ0v) is 21.5. The van der Waals surface area contributed by atoms with Crippen LogP contribution in [0.15, 0.2) is 24.3 Å². The summed E-state index contributed by atoms with van der Waals surface area (Å²) in [5.41, 5.74) is 0. The first-order valence-electron chi connectivity index (χ1n) is 13.6. The van der Waals surface area contributed by atoms with E-state index in [4.69, 9.17) is 0 Å². The summed E-state index contributed by atoms with van der Waals surface area (Å²) in [6, 6.07) is -0.752. The van der Waals surface area contributed by atoms with Gasteiger partial charge in [-0.15, -0.1) is 0 Å². The number of carbonyl (C=O) groups is 1. The Labute approximate surface area is 203 Å². The van der Waals surface area contributed by atoms with Crippen molar-refractivity contribution in [2.75, 3.05) is 6.61 Å². The number of hydrogen-bond acceptors (Lipinski definition) is 4. The zero-order valence-electron chi connectivity index (χ0n) is 21.5. The van der Waals surface area contributed by atoms with Crippen molar-refractivity contribution < 1.29 is 20.1 Å². The fraction of sp³-hybridized carbons (Fsp3) is 0.821. The molecule has 0 saturated heterocycles. The number of amides is 1. The Morgan fingerprint density at radius 2 is 1.30 bits per heavy atom. The Balaban J connectivity index is 3.95. The molecule has 3 unspecified atom stereocenters. The van der Waals surface area contributed by atoms with E-state index in [-0.39, 0.29) is 18.9 Å². The minimum absolute atomic E-state index is 0.00596. The van der Waals surface area contributed by atoms with Crippen molar-refractivity contribution in [1.82, 2.24) is 5.32 Å². The van der Waals surface area contributed by atoms with Gasteiger partial charge in [-0.3, -0.25) is 4.79 Å². The maximum atomic E-state index is 12.2. The van der Waals surface area contributed by atoms with Gasteiger partial charge in [0.05, 0.1) is 31.3 Å². The van der Waals surface area contributed by atoms with Crippen LogP contribution in [0.25, 0.3) is 0 Å². The highest BCUT2D eigenvalue weighted by molar-refractivity contribution is 5.76. The lowest BCUT2D eigenvalue weighted by Gasteiger charge is -2.21. The van der Waals surface area contributed by atoms with E-state index in [9.17, 15) is 20.1 Å². The highest BCUT2D eigenvalue weighted by Crippen LogP contribution is 2.11. The largest absolute Gasteiger partial charge is 0.394 e. The SMILES string of the molecule is CCCCCCC/C=C/CC/C=C/C(O)C(CO)NC(=O)CC(O)CCCCCCCCC. The van der Waals surface area contributed by atoms with Crippen LogP contribution in [0.4, 0.5) is 0 Å². The lowest BCUT2D eigenvalue weighted by Crippen LogP contribution is -2.45. The van der Waals surface area contributed by atoms with Crippen molar-refractivity contribution in [3.8, 4) is 0 Å². The lowest BCUT2D eigenvalue weighted by molar-refractivity contribution is -0.124. The second-order valence-electron chi connectivity index (χ2n) is 9.29. The molecule has 0 aromatic heterocycles. The molecule has 5 nitrogen and oxygen atoms in total. The molecular formula is C28H53NO4. The molecule has 5 heteroatoms. The van der Waals surface area contributed by atoms with Crippen LogP contribution in [-0.4, -0.2) is 46.1 Å². The summed E-state index contributed by atoms with van der Waals surface area (Å²) in [6.07, 6.45) is 24.5. The van der Waals surface area contributed by atoms with Crippen molar-refractivity contribution in [3.05, 3.63) is 24.3 Å². The first kappa shape index (κ1) is 31.8. The van der Waals surface area contributed by atoms with Crippen molar-refractivity contribution in [1.29, 1.82) is 0 Å². The number of rotatable bonds is 23. The highest BCUT2D eigenvalue weighted by atomic mass is 16.3. The quantitative estimate of drug-likeness (QED) is 0.110. The second-order valence-corrected chi connectivity index (χ2v) is 9.29. The van der Waals surface area contributed by atoms with E-state index in [0.29, 0.717) is 6.42 Å². The van der Waals surface area contributed by atoms with Gasteiger partial charge < -0.3 is 20.6 Å². The standard InChI is InChI=1S/C28H53NO4/c1-3-5-7-9-11-12-13-14-16-18-20-22-27(32)26(24-30)29-28(33)23-25(31)21-19-17-15-10-8-6-4-2/h13-14,20,22,25-27,30-32H,3-12,15-19,21,23-24H2,1-2H3,(H,29,33)/b14-13+,22-20+. The number of hydrogen-bond donors (Lipinski definition) is 4. The average Bonchev–Trinajstić information content (AvgIpc) is 2.80. The maximum Gasteiger partial charge on any atom is 0.222 e. The first-order chi connectivity index (χ1) is 16.0. The average molecular weight is 468 g/mol. The van der Waals surface area contributed by atoms with E-state index in [0.717, 1.165) is 32.1 Å². The summed E-state index contributed by atoms with van der Waals surface area (Å²) in [6.45, 7) is 4.08. The van der Waals surface area contributed by atoms with Gasteiger partial charge in [0.2, 0.25) is 5.91 Å². The van der Waals surface area contributed by atoms with Gasteiger partial charge in [0.15, 0.2) is 0 Å². The summed E-state index contributed by atoms with van der Waals surface area (Å²) >= 11 is 0. The summed E-state index contributed by atoms with van der Waals surface area (Å²) in [4.78, 5) is 12.2. The van der Waals surface area contributed by atoms with Gasteiger partial charge in [0.25, 0.3) is 0 Å². The van der Waals surface area contributed by atoms with E-state index in [2.05, 4.69) is 31.3 Å². The third kappa shape index (κ3) is 21.1. The van der Waals surface area contributed by atoms with Crippen LogP contribution in [0.1, 0.15) is 123 Å². The smallest absolute Gasteiger partial charge is 0.222 e. The Kier molecular flexibility index (Phi) is 23.1. The number of allylic oxidation sites excluding steroid dienone is 3. The Bertz CT molecular complexity index is 492. The summed E-state index contributed by atoms with van der Waals surface area (Å²) in [7, 11) is 0. The Hall–Kier alpha value is -1.17. The van der Waals surface area contributed by atoms with Gasteiger partial charge in [-0.1, -0.05) is 109 Å². The predicted octanol–water partition coefficient (Wildman–Crippen LogP) is 5.97. The molecule has 33 heavy (non-hydrogen) atoms. The van der Waals surface area contributed by atoms with Crippen LogP contribution >= 0.6 is 0 Å². The molecule has 0 aliphatic rings. The molecule has 194 valence electrons. The monoisotopic (exact) mass is 467 g/mol. The maximum absolute atomic E-state index is 12.2. The molecule has 1 amide bonds. The van der Waals surface area contributed by atoms with Gasteiger partial charge in [-0.2, -0.15) is 0 Å². The molecule has 0 rings (SSSR count). The van der Waals surface area contributed by atoms with Crippen molar-refractivity contribution in [2.45, 2.75) is 141 Å². The van der Waals surface area contributed by atoms with Gasteiger partial charge in [0.1, 0.15) is 0 Å². The number of nitrogens with one attached hydrogen (secondary N) is 1. The van der Waals surface area contributed by atoms with Crippen molar-refractivity contribution in [2.24, 2.45) is 0 Å². The fourth-order valence-corrected chi connectivity index (χ4v) is 3.82. The summed E-state index contributed by atoms with van der Waals surface area (Å²) in [5.74, 6) is -0.334. The molecule has 0 aliphatic carbocycles. The van der Waals surface area contributed by atoms with E-state index in [1.165, 1.54) is 64.2 Å². The predicted molar refractivity (Wildman–Crippen MR) is 139 cm³/mol. The van der Waals surface area contributed by atoms with E-state index in [1.807, 2.05) is 6.08 Å². The van der Waals surface area contributed by atoms with E-state index in [1.54, 1.807) is 6.08 Å². The van der Waals surface area contributed by atoms with Crippen molar-refractivity contribution in [3.63, 3.8) is 0 Å². The second kappa shape index (κ2) is 24.0. The van der Waals surface area contributed by atoms with Crippen LogP contribution in [0.5, 0.6) is 0 Å². The number of aliphatic hydroxyl groups excluding tert-OH is 3. The molecule has 4 N–H and O–H groups in total. The van der Waals surface area contributed by atoms with Gasteiger partial charge in [0, 0.05) is 0 Å². The fourth-order valence-electron chi connectivity index (χ4n) is 3.82. The molecular weight excluding hydrogens is 414 g/mol. The van der Waals surface area contributed by atoms with E-state index >= 15 is 0 Å². The molecule has 0 aliphatic heterocycles. The topological polar surface area (TPSA) is 89.8 Å². The minimum Gasteiger partial charge on any atom is -0.394 e. The van der Waals surface area contributed by atoms with Crippen molar-refractivity contribution >= 4 is 5.91 Å². The van der Waals surface area contributed by atoms with Gasteiger partial charge in [-0.25, -0.2) is 0 Å². The van der Waals surface area contributed by atoms with Gasteiger partial charge in [-0.05, 0) is 32.1 Å². The first-order valence-corrected chi connectivity index (χ1v) is 13.6. The Morgan fingerprint density at radius 1 is 0.758 bits per heavy atom. The van der Waals surface area contributed by atoms with Gasteiger partial charge >= 0.3 is 0 Å². The third-order valence-corrected chi connectivity index (χ3v) is 5.99. The summed E-state index contributed by atoms with van der Waals surface area (Å²) < 4.78 is 0. The molecule has 0 radical (unpaired) electrons. The van der Waals surface area contributed by atoms with Crippen LogP contribution in [-0.2, 0) is 4.79 Å². The van der Waals surface area contributed by atoms with E-state index < -0.39 is 18.2 Å².